The van der Waals surface area contributed by atoms with Gasteiger partial charge in [-0.3, -0.25) is 9.59 Å². The minimum atomic E-state index is -0.441. The van der Waals surface area contributed by atoms with E-state index in [2.05, 4.69) is 10.1 Å². The summed E-state index contributed by atoms with van der Waals surface area (Å²) < 4.78 is 1.83. The minimum Gasteiger partial charge on any atom is -0.369 e. The maximum Gasteiger partial charge on any atom is 0.225 e. The Hall–Kier alpha value is -1.92. The number of piperidine rings is 1. The van der Waals surface area contributed by atoms with Gasteiger partial charge in [0.15, 0.2) is 5.82 Å². The van der Waals surface area contributed by atoms with Crippen LogP contribution in [0.25, 0.3) is 0 Å². The molecular weight excluding hydrogens is 282 g/mol. The number of amides is 2. The first-order valence-corrected chi connectivity index (χ1v) is 7.79. The number of hydrogen-bond acceptors (Lipinski definition) is 4. The smallest absolute Gasteiger partial charge is 0.225 e. The molecule has 1 aliphatic heterocycles. The molecule has 1 aromatic heterocycles. The average Bonchev–Trinajstić information content (AvgIpc) is 2.80. The Morgan fingerprint density at radius 1 is 1.32 bits per heavy atom. The summed E-state index contributed by atoms with van der Waals surface area (Å²) in [5.74, 6) is 1.01. The van der Waals surface area contributed by atoms with Gasteiger partial charge in [-0.05, 0) is 33.6 Å². The normalized spacial score (nSPS) is 16.1. The highest BCUT2D eigenvalue weighted by Gasteiger charge is 2.23. The van der Waals surface area contributed by atoms with Crippen LogP contribution in [-0.2, 0) is 28.0 Å². The molecule has 2 N–H and O–H groups in total. The number of primary amides is 1. The van der Waals surface area contributed by atoms with E-state index in [0.29, 0.717) is 25.2 Å². The van der Waals surface area contributed by atoms with Crippen LogP contribution < -0.4 is 5.73 Å². The fourth-order valence-electron chi connectivity index (χ4n) is 2.65. The molecule has 1 aliphatic rings. The van der Waals surface area contributed by atoms with Gasteiger partial charge in [-0.2, -0.15) is 5.10 Å². The van der Waals surface area contributed by atoms with E-state index in [1.165, 1.54) is 0 Å². The van der Waals surface area contributed by atoms with Crippen molar-refractivity contribution in [1.82, 2.24) is 19.7 Å². The molecule has 0 unspecified atom stereocenters. The molecule has 1 fully saturated rings. The van der Waals surface area contributed by atoms with Crippen LogP contribution in [0.15, 0.2) is 0 Å². The second kappa shape index (κ2) is 6.46. The van der Waals surface area contributed by atoms with Crippen molar-refractivity contribution in [2.45, 2.75) is 58.4 Å². The molecule has 0 aromatic carbocycles. The fourth-order valence-corrected chi connectivity index (χ4v) is 2.65. The fraction of sp³-hybridized carbons (Fsp3) is 0.733. The quantitative estimate of drug-likeness (QED) is 0.862. The van der Waals surface area contributed by atoms with Crippen LogP contribution >= 0.6 is 0 Å². The van der Waals surface area contributed by atoms with E-state index < -0.39 is 5.91 Å². The molecule has 0 radical (unpaired) electrons. The topological polar surface area (TPSA) is 94.1 Å². The molecular formula is C15H25N5O2. The molecule has 2 heterocycles. The van der Waals surface area contributed by atoms with Gasteiger partial charge in [-0.1, -0.05) is 0 Å². The van der Waals surface area contributed by atoms with Crippen LogP contribution in [-0.4, -0.2) is 44.6 Å². The van der Waals surface area contributed by atoms with E-state index in [0.717, 1.165) is 25.2 Å². The molecule has 0 bridgehead atoms. The Morgan fingerprint density at radius 3 is 2.64 bits per heavy atom. The van der Waals surface area contributed by atoms with Gasteiger partial charge in [0.05, 0.1) is 12.0 Å². The second-order valence-corrected chi connectivity index (χ2v) is 6.76. The summed E-state index contributed by atoms with van der Waals surface area (Å²) in [5, 5.41) is 4.41. The van der Waals surface area contributed by atoms with Crippen molar-refractivity contribution < 1.29 is 9.59 Å². The number of carbonyl (C=O) groups is 2. The number of aromatic nitrogens is 3. The monoisotopic (exact) mass is 307 g/mol. The van der Waals surface area contributed by atoms with Crippen molar-refractivity contribution >= 4 is 11.8 Å². The first-order chi connectivity index (χ1) is 10.3. The Kier molecular flexibility index (Phi) is 4.83. The summed E-state index contributed by atoms with van der Waals surface area (Å²) in [6.45, 7) is 7.56. The number of likely N-dealkylation sites (tertiary alicyclic amines) is 1. The first kappa shape index (κ1) is 16.5. The maximum atomic E-state index is 11.9. The third kappa shape index (κ3) is 4.05. The highest BCUT2D eigenvalue weighted by molar-refractivity contribution is 5.76. The zero-order valence-electron chi connectivity index (χ0n) is 13.6. The molecule has 1 saturated heterocycles. The van der Waals surface area contributed by atoms with Crippen molar-refractivity contribution in [3.8, 4) is 0 Å². The number of nitrogens with zero attached hydrogens (tertiary/aromatic N) is 4. The number of carbonyl (C=O) groups excluding carboxylic acids is 2. The molecule has 7 nitrogen and oxygen atoms in total. The maximum absolute atomic E-state index is 11.9. The molecule has 2 amide bonds. The number of hydrogen-bond donors (Lipinski definition) is 1. The Balaban J connectivity index is 2.12. The van der Waals surface area contributed by atoms with Gasteiger partial charge in [-0.15, -0.1) is 0 Å². The summed E-state index contributed by atoms with van der Waals surface area (Å²) in [5.41, 5.74) is 4.99. The summed E-state index contributed by atoms with van der Waals surface area (Å²) >= 11 is 0. The van der Waals surface area contributed by atoms with E-state index in [1.54, 1.807) is 0 Å². The third-order valence-electron chi connectivity index (χ3n) is 3.71. The van der Waals surface area contributed by atoms with Crippen molar-refractivity contribution in [1.29, 1.82) is 0 Å². The van der Waals surface area contributed by atoms with Crippen LogP contribution in [0.1, 0.15) is 51.7 Å². The molecule has 22 heavy (non-hydrogen) atoms. The van der Waals surface area contributed by atoms with Gasteiger partial charge in [0.25, 0.3) is 0 Å². The highest BCUT2D eigenvalue weighted by Crippen LogP contribution is 2.17. The van der Waals surface area contributed by atoms with E-state index in [-0.39, 0.29) is 17.9 Å². The standard InChI is InChI=1S/C15H25N5O2/c1-15(2,3)20-13(17-12(18-20)10-11(16)21)7-9-19-8-5-4-6-14(19)22/h4-10H2,1-3H3,(H2,16,21). The Labute approximate surface area is 130 Å². The van der Waals surface area contributed by atoms with E-state index >= 15 is 0 Å². The zero-order valence-corrected chi connectivity index (χ0v) is 13.6. The lowest BCUT2D eigenvalue weighted by atomic mass is 10.1. The lowest BCUT2D eigenvalue weighted by molar-refractivity contribution is -0.133. The van der Waals surface area contributed by atoms with Crippen LogP contribution in [0, 0.1) is 0 Å². The van der Waals surface area contributed by atoms with E-state index in [1.807, 2.05) is 30.4 Å². The molecule has 0 saturated carbocycles. The summed E-state index contributed by atoms with van der Waals surface area (Å²) in [7, 11) is 0. The molecule has 0 aliphatic carbocycles. The van der Waals surface area contributed by atoms with Gasteiger partial charge in [-0.25, -0.2) is 9.67 Å². The summed E-state index contributed by atoms with van der Waals surface area (Å²) in [6.07, 6.45) is 3.35. The SMILES string of the molecule is CC(C)(C)n1nc(CC(N)=O)nc1CCN1CCCCC1=O. The van der Waals surface area contributed by atoms with Crippen LogP contribution in [0.2, 0.25) is 0 Å². The van der Waals surface area contributed by atoms with Crippen LogP contribution in [0.5, 0.6) is 0 Å². The third-order valence-corrected chi connectivity index (χ3v) is 3.71. The molecule has 122 valence electrons. The predicted octanol–water partition coefficient (Wildman–Crippen LogP) is 0.616. The van der Waals surface area contributed by atoms with Crippen LogP contribution in [0.4, 0.5) is 0 Å². The van der Waals surface area contributed by atoms with E-state index in [9.17, 15) is 9.59 Å². The first-order valence-electron chi connectivity index (χ1n) is 7.79. The van der Waals surface area contributed by atoms with E-state index in [4.69, 9.17) is 5.73 Å². The zero-order chi connectivity index (χ0) is 16.3. The van der Waals surface area contributed by atoms with Gasteiger partial charge in [0.1, 0.15) is 5.82 Å². The number of rotatable bonds is 5. The molecule has 7 heteroatoms. The van der Waals surface area contributed by atoms with Crippen LogP contribution in [0.3, 0.4) is 0 Å². The Morgan fingerprint density at radius 2 is 2.05 bits per heavy atom. The predicted molar refractivity (Wildman–Crippen MR) is 82.1 cm³/mol. The lowest BCUT2D eigenvalue weighted by Crippen LogP contribution is -2.37. The minimum absolute atomic E-state index is 0.0404. The van der Waals surface area contributed by atoms with Gasteiger partial charge < -0.3 is 10.6 Å². The molecule has 2 rings (SSSR count). The molecule has 1 aromatic rings. The average molecular weight is 307 g/mol. The second-order valence-electron chi connectivity index (χ2n) is 6.76. The lowest BCUT2D eigenvalue weighted by Gasteiger charge is -2.27. The van der Waals surface area contributed by atoms with Gasteiger partial charge in [0, 0.05) is 25.9 Å². The van der Waals surface area contributed by atoms with Gasteiger partial charge >= 0.3 is 0 Å². The summed E-state index contributed by atoms with van der Waals surface area (Å²) in [6, 6.07) is 0. The summed E-state index contributed by atoms with van der Waals surface area (Å²) in [4.78, 5) is 29.3. The Bertz CT molecular complexity index is 559. The molecule has 0 atom stereocenters. The van der Waals surface area contributed by atoms with Crippen molar-refractivity contribution in [3.05, 3.63) is 11.6 Å². The van der Waals surface area contributed by atoms with Crippen molar-refractivity contribution in [3.63, 3.8) is 0 Å². The van der Waals surface area contributed by atoms with Crippen molar-refractivity contribution in [2.75, 3.05) is 13.1 Å². The largest absolute Gasteiger partial charge is 0.369 e. The molecule has 0 spiro atoms. The van der Waals surface area contributed by atoms with Gasteiger partial charge in [0.2, 0.25) is 11.8 Å². The highest BCUT2D eigenvalue weighted by atomic mass is 16.2. The van der Waals surface area contributed by atoms with Crippen molar-refractivity contribution in [2.24, 2.45) is 5.73 Å². The number of nitrogens with two attached hydrogens (primary N) is 1.